The van der Waals surface area contributed by atoms with Gasteiger partial charge < -0.3 is 14.8 Å². The van der Waals surface area contributed by atoms with E-state index in [2.05, 4.69) is 33.4 Å². The van der Waals surface area contributed by atoms with Gasteiger partial charge in [-0.1, -0.05) is 34.1 Å². The lowest BCUT2D eigenvalue weighted by Crippen LogP contribution is -2.28. The highest BCUT2D eigenvalue weighted by molar-refractivity contribution is 9.10. The molecule has 0 spiro atoms. The molecule has 0 aliphatic rings. The fourth-order valence-electron chi connectivity index (χ4n) is 2.33. The SMILES string of the molecule is COc1ccc([C@H](C)NC(=O)CSCc2ccc(Br)cc2)cc1OC. The third-order valence-electron chi connectivity index (χ3n) is 3.70. The van der Waals surface area contributed by atoms with E-state index in [-0.39, 0.29) is 11.9 Å². The van der Waals surface area contributed by atoms with E-state index in [1.165, 1.54) is 5.56 Å². The molecule has 2 rings (SSSR count). The summed E-state index contributed by atoms with van der Waals surface area (Å²) in [5, 5.41) is 3.02. The molecule has 1 amide bonds. The van der Waals surface area contributed by atoms with Crippen molar-refractivity contribution in [1.82, 2.24) is 5.32 Å². The van der Waals surface area contributed by atoms with Gasteiger partial charge in [0.05, 0.1) is 26.0 Å². The van der Waals surface area contributed by atoms with Gasteiger partial charge in [-0.05, 0) is 42.3 Å². The van der Waals surface area contributed by atoms with Gasteiger partial charge in [0.25, 0.3) is 0 Å². The summed E-state index contributed by atoms with van der Waals surface area (Å²) < 4.78 is 11.6. The van der Waals surface area contributed by atoms with Gasteiger partial charge in [-0.15, -0.1) is 11.8 Å². The van der Waals surface area contributed by atoms with Crippen LogP contribution in [0.25, 0.3) is 0 Å². The van der Waals surface area contributed by atoms with Gasteiger partial charge in [0.2, 0.25) is 5.91 Å². The van der Waals surface area contributed by atoms with Crippen molar-refractivity contribution in [2.75, 3.05) is 20.0 Å². The summed E-state index contributed by atoms with van der Waals surface area (Å²) in [5.41, 5.74) is 2.18. The monoisotopic (exact) mass is 423 g/mol. The quantitative estimate of drug-likeness (QED) is 0.674. The van der Waals surface area contributed by atoms with Crippen LogP contribution in [0.3, 0.4) is 0 Å². The molecule has 2 aromatic carbocycles. The summed E-state index contributed by atoms with van der Waals surface area (Å²) in [7, 11) is 3.20. The minimum Gasteiger partial charge on any atom is -0.493 e. The molecule has 2 aromatic rings. The minimum atomic E-state index is -0.0967. The molecule has 0 unspecified atom stereocenters. The Labute approximate surface area is 161 Å². The third kappa shape index (κ3) is 5.97. The first-order valence-electron chi connectivity index (χ1n) is 7.87. The van der Waals surface area contributed by atoms with E-state index in [1.807, 2.05) is 37.3 Å². The molecule has 0 fully saturated rings. The number of rotatable bonds is 8. The number of methoxy groups -OCH3 is 2. The van der Waals surface area contributed by atoms with Crippen LogP contribution in [-0.4, -0.2) is 25.9 Å². The van der Waals surface area contributed by atoms with Gasteiger partial charge in [0.1, 0.15) is 0 Å². The topological polar surface area (TPSA) is 47.6 Å². The third-order valence-corrected chi connectivity index (χ3v) is 5.23. The number of carbonyl (C=O) groups excluding carboxylic acids is 1. The van der Waals surface area contributed by atoms with Crippen LogP contribution in [0.5, 0.6) is 11.5 Å². The summed E-state index contributed by atoms with van der Waals surface area (Å²) >= 11 is 5.02. The van der Waals surface area contributed by atoms with Crippen molar-refractivity contribution in [1.29, 1.82) is 0 Å². The van der Waals surface area contributed by atoms with Gasteiger partial charge in [0.15, 0.2) is 11.5 Å². The number of thioether (sulfide) groups is 1. The number of amides is 1. The van der Waals surface area contributed by atoms with Crippen molar-refractivity contribution in [3.8, 4) is 11.5 Å². The second-order valence-corrected chi connectivity index (χ2v) is 7.42. The number of carbonyl (C=O) groups is 1. The molecule has 134 valence electrons. The lowest BCUT2D eigenvalue weighted by molar-refractivity contribution is -0.119. The second-order valence-electron chi connectivity index (χ2n) is 5.52. The number of hydrogen-bond acceptors (Lipinski definition) is 4. The van der Waals surface area contributed by atoms with Crippen molar-refractivity contribution in [3.63, 3.8) is 0 Å². The Morgan fingerprint density at radius 3 is 2.44 bits per heavy atom. The van der Waals surface area contributed by atoms with Crippen LogP contribution in [0, 0.1) is 0 Å². The molecule has 0 saturated carbocycles. The number of ether oxygens (including phenoxy) is 2. The zero-order chi connectivity index (χ0) is 18.2. The molecule has 0 heterocycles. The largest absolute Gasteiger partial charge is 0.493 e. The van der Waals surface area contributed by atoms with Crippen LogP contribution in [-0.2, 0) is 10.5 Å². The maximum absolute atomic E-state index is 12.2. The first-order chi connectivity index (χ1) is 12.0. The van der Waals surface area contributed by atoms with E-state index in [1.54, 1.807) is 26.0 Å². The summed E-state index contributed by atoms with van der Waals surface area (Å²) in [6.07, 6.45) is 0. The highest BCUT2D eigenvalue weighted by Gasteiger charge is 2.12. The molecule has 0 aliphatic heterocycles. The van der Waals surface area contributed by atoms with Crippen LogP contribution in [0.15, 0.2) is 46.9 Å². The van der Waals surface area contributed by atoms with Gasteiger partial charge in [-0.2, -0.15) is 0 Å². The Kier molecular flexibility index (Phi) is 7.65. The fraction of sp³-hybridized carbons (Fsp3) is 0.316. The van der Waals surface area contributed by atoms with Crippen molar-refractivity contribution in [3.05, 3.63) is 58.1 Å². The number of hydrogen-bond donors (Lipinski definition) is 1. The Hall–Kier alpha value is -1.66. The maximum Gasteiger partial charge on any atom is 0.230 e. The molecular weight excluding hydrogens is 402 g/mol. The van der Waals surface area contributed by atoms with Crippen LogP contribution < -0.4 is 14.8 Å². The van der Waals surface area contributed by atoms with Gasteiger partial charge in [0, 0.05) is 10.2 Å². The van der Waals surface area contributed by atoms with E-state index < -0.39 is 0 Å². The normalized spacial score (nSPS) is 11.7. The molecule has 0 aromatic heterocycles. The molecule has 0 bridgehead atoms. The highest BCUT2D eigenvalue weighted by atomic mass is 79.9. The van der Waals surface area contributed by atoms with E-state index in [0.29, 0.717) is 17.3 Å². The predicted molar refractivity (Wildman–Crippen MR) is 106 cm³/mol. The number of halogens is 1. The Bertz CT molecular complexity index is 706. The zero-order valence-electron chi connectivity index (χ0n) is 14.5. The lowest BCUT2D eigenvalue weighted by Gasteiger charge is -2.16. The molecule has 4 nitrogen and oxygen atoms in total. The van der Waals surface area contributed by atoms with Crippen molar-refractivity contribution in [2.24, 2.45) is 0 Å². The minimum absolute atomic E-state index is 0.0180. The van der Waals surface area contributed by atoms with Gasteiger partial charge >= 0.3 is 0 Å². The van der Waals surface area contributed by atoms with E-state index in [0.717, 1.165) is 15.8 Å². The average Bonchev–Trinajstić information content (AvgIpc) is 2.62. The lowest BCUT2D eigenvalue weighted by atomic mass is 10.1. The van der Waals surface area contributed by atoms with Crippen LogP contribution in [0.4, 0.5) is 0 Å². The molecule has 25 heavy (non-hydrogen) atoms. The van der Waals surface area contributed by atoms with Gasteiger partial charge in [-0.25, -0.2) is 0 Å². The van der Waals surface area contributed by atoms with Crippen molar-refractivity contribution < 1.29 is 14.3 Å². The molecule has 6 heteroatoms. The van der Waals surface area contributed by atoms with Crippen LogP contribution in [0.1, 0.15) is 24.1 Å². The van der Waals surface area contributed by atoms with Crippen LogP contribution >= 0.6 is 27.7 Å². The van der Waals surface area contributed by atoms with E-state index in [9.17, 15) is 4.79 Å². The first-order valence-corrected chi connectivity index (χ1v) is 9.81. The summed E-state index contributed by atoms with van der Waals surface area (Å²) in [5.74, 6) is 2.59. The number of benzene rings is 2. The zero-order valence-corrected chi connectivity index (χ0v) is 16.9. The molecule has 0 radical (unpaired) electrons. The maximum atomic E-state index is 12.2. The predicted octanol–water partition coefficient (Wildman–Crippen LogP) is 4.58. The number of nitrogens with one attached hydrogen (secondary N) is 1. The fourth-order valence-corrected chi connectivity index (χ4v) is 3.39. The Morgan fingerprint density at radius 1 is 1.12 bits per heavy atom. The average molecular weight is 424 g/mol. The standard InChI is InChI=1S/C19H22BrNO3S/c1-13(15-6-9-17(23-2)18(10-15)24-3)21-19(22)12-25-11-14-4-7-16(20)8-5-14/h4-10,13H,11-12H2,1-3H3,(H,21,22)/t13-/m0/s1. The van der Waals surface area contributed by atoms with Crippen molar-refractivity contribution in [2.45, 2.75) is 18.7 Å². The van der Waals surface area contributed by atoms with Crippen LogP contribution in [0.2, 0.25) is 0 Å². The first kappa shape index (κ1) is 19.7. The van der Waals surface area contributed by atoms with Crippen molar-refractivity contribution >= 4 is 33.6 Å². The van der Waals surface area contributed by atoms with Gasteiger partial charge in [-0.3, -0.25) is 4.79 Å². The summed E-state index contributed by atoms with van der Waals surface area (Å²) in [4.78, 5) is 12.2. The molecular formula is C19H22BrNO3S. The molecule has 1 N–H and O–H groups in total. The molecule has 1 atom stereocenters. The van der Waals surface area contributed by atoms with E-state index in [4.69, 9.17) is 9.47 Å². The Morgan fingerprint density at radius 2 is 1.80 bits per heavy atom. The molecule has 0 aliphatic carbocycles. The molecule has 0 saturated heterocycles. The second kappa shape index (κ2) is 9.73. The summed E-state index contributed by atoms with van der Waals surface area (Å²) in [6, 6.07) is 13.7. The smallest absolute Gasteiger partial charge is 0.230 e. The highest BCUT2D eigenvalue weighted by Crippen LogP contribution is 2.29. The Balaban J connectivity index is 1.84. The summed E-state index contributed by atoms with van der Waals surface area (Å²) in [6.45, 7) is 1.96. The van der Waals surface area contributed by atoms with E-state index >= 15 is 0 Å².